The zero-order valence-corrected chi connectivity index (χ0v) is 49.3. The summed E-state index contributed by atoms with van der Waals surface area (Å²) in [7, 11) is 1.36. The van der Waals surface area contributed by atoms with Crippen LogP contribution in [0.15, 0.2) is 96.0 Å². The Morgan fingerprint density at radius 1 is 0.618 bits per heavy atom. The summed E-state index contributed by atoms with van der Waals surface area (Å²) in [6.45, 7) is -1.25. The zero-order valence-electron chi connectivity index (χ0n) is 49.3. The summed E-state index contributed by atoms with van der Waals surface area (Å²) >= 11 is 0. The van der Waals surface area contributed by atoms with Crippen molar-refractivity contribution in [3.05, 3.63) is 108 Å². The fraction of sp³-hybridized carbons (Fsp3) is 0.424. The van der Waals surface area contributed by atoms with E-state index in [0.717, 1.165) is 15.7 Å². The molecule has 1 aliphatic heterocycles. The molecule has 5 rings (SSSR count). The number of hydrogen-bond acceptors (Lipinski definition) is 17. The van der Waals surface area contributed by atoms with Crippen LogP contribution in [0.3, 0.4) is 0 Å². The summed E-state index contributed by atoms with van der Waals surface area (Å²) in [6.07, 6.45) is 0.0975. The van der Waals surface area contributed by atoms with Gasteiger partial charge in [0, 0.05) is 83.5 Å². The molecule has 0 bridgehead atoms. The summed E-state index contributed by atoms with van der Waals surface area (Å²) in [5.41, 5.74) is 12.8. The minimum Gasteiger partial charge on any atom is -0.508 e. The summed E-state index contributed by atoms with van der Waals surface area (Å²) in [5.74, 6) is -8.95. The predicted molar refractivity (Wildman–Crippen MR) is 326 cm³/mol. The lowest BCUT2D eigenvalue weighted by Crippen LogP contribution is -2.58. The third kappa shape index (κ3) is 25.6. The van der Waals surface area contributed by atoms with E-state index in [9.17, 15) is 63.0 Å². The number of carbonyl (C=O) groups is 11. The second-order valence-corrected chi connectivity index (χ2v) is 21.0. The second-order valence-electron chi connectivity index (χ2n) is 21.0. The highest BCUT2D eigenvalue weighted by Crippen LogP contribution is 2.19. The zero-order chi connectivity index (χ0) is 64.8. The van der Waals surface area contributed by atoms with Crippen molar-refractivity contribution >= 4 is 87.6 Å². The van der Waals surface area contributed by atoms with Crippen LogP contribution < -0.4 is 59.3 Å². The fourth-order valence-corrected chi connectivity index (χ4v) is 9.45. The number of carboxylic acids is 3. The Bertz CT molecular complexity index is 3130. The third-order valence-electron chi connectivity index (χ3n) is 14.1. The molecule has 0 aliphatic carbocycles. The number of rotatable bonds is 33. The van der Waals surface area contributed by atoms with Gasteiger partial charge in [-0.2, -0.15) is 0 Å². The topological polar surface area (TPSA) is 451 Å². The van der Waals surface area contributed by atoms with Crippen molar-refractivity contribution in [1.29, 1.82) is 0 Å². The number of phenolic OH excluding ortho intramolecular Hbond substituents is 1. The Morgan fingerprint density at radius 2 is 1.24 bits per heavy atom. The van der Waals surface area contributed by atoms with E-state index in [2.05, 4.69) is 52.8 Å². The largest absolute Gasteiger partial charge is 0.508 e. The van der Waals surface area contributed by atoms with E-state index in [-0.39, 0.29) is 140 Å². The number of nitrogens with two attached hydrogens (primary N) is 2. The van der Waals surface area contributed by atoms with Crippen LogP contribution in [0.1, 0.15) is 47.2 Å². The van der Waals surface area contributed by atoms with Crippen LogP contribution in [-0.2, 0) is 60.8 Å². The molecule has 480 valence electrons. The molecule has 89 heavy (non-hydrogen) atoms. The Labute approximate surface area is 512 Å². The van der Waals surface area contributed by atoms with Gasteiger partial charge < -0.3 is 84.6 Å². The molecular weight excluding hydrogens is 1160 g/mol. The summed E-state index contributed by atoms with van der Waals surface area (Å²) < 4.78 is 0. The first-order chi connectivity index (χ1) is 42.5. The van der Waals surface area contributed by atoms with E-state index in [0.29, 0.717) is 11.1 Å². The standard InChI is InChI=1S/C59H79N15O15/c1-72-47(9-5-20-64-54(85)40-14-16-42(17-15-40)68-48(76)31-66-50(78)35-73(24-22-62-33-51(79)80)26-27-74(36-53(83)84)25-23-63-34-52(81)82)57(88)70-44(8-4-21-65-59(60)61)56(87)71-45(30-38-10-13-39-6-2-3-7-41(39)28-38)55(86)67-32-49(77)69-46(58(72)89)29-37-11-18-43(75)19-12-37/h2-3,6-7,10-19,28,44-47,62-63,75H,4-5,8-9,20-27,29-36H2,1H3,(H,64,85)(H,66,78)(H,67,86)(H,68,76)(H,69,77)(H,70,88)(H,71,87)(H,79,80)(H,81,82)(H,83,84)(H4,60,61,65)/t44-,45-,46+,47+/m0/s1. The third-order valence-corrected chi connectivity index (χ3v) is 14.1. The number of fused-ring (bicyclic) bond motifs is 1. The average Bonchev–Trinajstić information content (AvgIpc) is 2.67. The first-order valence-corrected chi connectivity index (χ1v) is 28.7. The van der Waals surface area contributed by atoms with Gasteiger partial charge in [-0.05, 0) is 84.0 Å². The molecule has 30 heteroatoms. The lowest BCUT2D eigenvalue weighted by molar-refractivity contribution is -0.142. The summed E-state index contributed by atoms with van der Waals surface area (Å²) in [5, 5.41) is 63.3. The lowest BCUT2D eigenvalue weighted by Gasteiger charge is -2.32. The molecule has 1 aliphatic rings. The quantitative estimate of drug-likeness (QED) is 0.0129. The first kappa shape index (κ1) is 70.0. The molecule has 1 fully saturated rings. The van der Waals surface area contributed by atoms with Crippen LogP contribution >= 0.6 is 0 Å². The SMILES string of the molecule is CN1C(=O)[C@@H](Cc2ccc(O)cc2)NC(=O)CNC(=O)[C@H](Cc2ccc3ccccc3c2)NC(=O)[C@H](CCCN=C(N)N)NC(=O)[C@H]1CCCNC(=O)c1ccc(NC(=O)CNC(=O)CN(CCNCC(=O)O)CCN(CCNCC(=O)O)CC(=O)O)cc1. The van der Waals surface area contributed by atoms with E-state index in [1.54, 1.807) is 21.9 Å². The molecule has 0 aromatic heterocycles. The van der Waals surface area contributed by atoms with Crippen molar-refractivity contribution in [2.24, 2.45) is 16.5 Å². The van der Waals surface area contributed by atoms with Crippen LogP contribution in [0.2, 0.25) is 0 Å². The minimum atomic E-state index is -1.31. The molecule has 0 saturated carbocycles. The second kappa shape index (κ2) is 36.4. The van der Waals surface area contributed by atoms with Gasteiger partial charge in [0.05, 0.1) is 39.3 Å². The van der Waals surface area contributed by atoms with Gasteiger partial charge >= 0.3 is 17.9 Å². The van der Waals surface area contributed by atoms with Gasteiger partial charge in [0.1, 0.15) is 29.9 Å². The molecule has 17 N–H and O–H groups in total. The van der Waals surface area contributed by atoms with Crippen molar-refractivity contribution in [2.45, 2.75) is 62.7 Å². The van der Waals surface area contributed by atoms with Gasteiger partial charge in [-0.1, -0.05) is 54.6 Å². The van der Waals surface area contributed by atoms with Crippen molar-refractivity contribution in [1.82, 2.24) is 57.2 Å². The highest BCUT2D eigenvalue weighted by Gasteiger charge is 2.36. The van der Waals surface area contributed by atoms with Crippen LogP contribution in [0.25, 0.3) is 10.8 Å². The average molecular weight is 1240 g/mol. The van der Waals surface area contributed by atoms with Crippen molar-refractivity contribution < 1.29 is 73.2 Å². The molecule has 0 unspecified atom stereocenters. The molecule has 4 atom stereocenters. The van der Waals surface area contributed by atoms with Gasteiger partial charge in [0.15, 0.2) is 5.96 Å². The van der Waals surface area contributed by atoms with E-state index in [1.165, 1.54) is 43.4 Å². The van der Waals surface area contributed by atoms with Gasteiger partial charge in [0.25, 0.3) is 5.91 Å². The van der Waals surface area contributed by atoms with Crippen LogP contribution in [-0.4, -0.2) is 229 Å². The number of likely N-dealkylation sites (N-methyl/N-ethyl adjacent to an activating group) is 1. The number of benzene rings is 4. The van der Waals surface area contributed by atoms with Crippen molar-refractivity contribution in [3.8, 4) is 5.75 Å². The number of carboxylic acid groups (broad SMARTS) is 3. The lowest BCUT2D eigenvalue weighted by atomic mass is 10.00. The van der Waals surface area contributed by atoms with Crippen LogP contribution in [0.4, 0.5) is 5.69 Å². The number of phenols is 1. The number of nitrogens with zero attached hydrogens (tertiary/aromatic N) is 4. The molecule has 4 aromatic carbocycles. The Balaban J connectivity index is 1.25. The molecular formula is C59H79N15O15. The molecule has 30 nitrogen and oxygen atoms in total. The maximum Gasteiger partial charge on any atom is 0.317 e. The highest BCUT2D eigenvalue weighted by atomic mass is 16.4. The van der Waals surface area contributed by atoms with Crippen molar-refractivity contribution in [2.75, 3.05) is 104 Å². The minimum absolute atomic E-state index is 0.00888. The highest BCUT2D eigenvalue weighted by molar-refractivity contribution is 5.99. The monoisotopic (exact) mass is 1240 g/mol. The smallest absolute Gasteiger partial charge is 0.317 e. The molecule has 1 heterocycles. The van der Waals surface area contributed by atoms with Crippen molar-refractivity contribution in [3.63, 3.8) is 0 Å². The van der Waals surface area contributed by atoms with Crippen LogP contribution in [0, 0.1) is 0 Å². The Morgan fingerprint density at radius 3 is 1.88 bits per heavy atom. The van der Waals surface area contributed by atoms with E-state index < -0.39 is 102 Å². The van der Waals surface area contributed by atoms with E-state index in [1.807, 2.05) is 42.5 Å². The van der Waals surface area contributed by atoms with Gasteiger partial charge in [-0.15, -0.1) is 0 Å². The summed E-state index contributed by atoms with van der Waals surface area (Å²) in [4.78, 5) is 152. The molecule has 1 saturated heterocycles. The van der Waals surface area contributed by atoms with Gasteiger partial charge in [-0.25, -0.2) is 0 Å². The predicted octanol–water partition coefficient (Wildman–Crippen LogP) is -2.90. The van der Waals surface area contributed by atoms with E-state index >= 15 is 0 Å². The number of anilines is 1. The number of nitrogens with one attached hydrogen (secondary N) is 9. The number of aliphatic carboxylic acids is 3. The maximum absolute atomic E-state index is 14.7. The number of hydrogen-bond donors (Lipinski definition) is 15. The van der Waals surface area contributed by atoms with Crippen LogP contribution in [0.5, 0.6) is 5.75 Å². The molecule has 0 spiro atoms. The van der Waals surface area contributed by atoms with Gasteiger partial charge in [0.2, 0.25) is 41.4 Å². The molecule has 8 amide bonds. The number of carbonyl (C=O) groups excluding carboxylic acids is 8. The fourth-order valence-electron chi connectivity index (χ4n) is 9.45. The number of guanidine groups is 1. The molecule has 4 aromatic rings. The van der Waals surface area contributed by atoms with Gasteiger partial charge in [-0.3, -0.25) is 67.5 Å². The number of aromatic hydroxyl groups is 1. The first-order valence-electron chi connectivity index (χ1n) is 28.7. The normalized spacial score (nSPS) is 16.7. The number of aliphatic imine (C=N–C) groups is 1. The van der Waals surface area contributed by atoms with E-state index in [4.69, 9.17) is 21.7 Å². The Kier molecular flexibility index (Phi) is 28.6. The number of amides is 8. The molecule has 0 radical (unpaired) electrons. The maximum atomic E-state index is 14.7. The Hall–Kier alpha value is -9.78. The summed E-state index contributed by atoms with van der Waals surface area (Å²) in [6, 6.07) is 19.7.